The fourth-order valence-electron chi connectivity index (χ4n) is 6.13. The molecule has 3 atom stereocenters. The van der Waals surface area contributed by atoms with E-state index in [0.29, 0.717) is 24.2 Å². The fourth-order valence-corrected chi connectivity index (χ4v) is 6.13. The lowest BCUT2D eigenvalue weighted by atomic mass is 9.92. The largest absolute Gasteiger partial charge is 0.508 e. The first kappa shape index (κ1) is 29.3. The summed E-state index contributed by atoms with van der Waals surface area (Å²) in [6.45, 7) is 7.30. The number of phenolic OH excluding ortho intramolecular Hbond substituents is 1. The van der Waals surface area contributed by atoms with Gasteiger partial charge in [0.25, 0.3) is 0 Å². The van der Waals surface area contributed by atoms with Gasteiger partial charge in [-0.25, -0.2) is 4.79 Å². The van der Waals surface area contributed by atoms with Crippen molar-refractivity contribution in [1.82, 2.24) is 20.0 Å². The molecule has 0 spiro atoms. The van der Waals surface area contributed by atoms with Gasteiger partial charge in [-0.05, 0) is 72.5 Å². The minimum absolute atomic E-state index is 0.0489. The maximum atomic E-state index is 11.3. The topological polar surface area (TPSA) is 103 Å². The Labute approximate surface area is 257 Å². The molecule has 0 amide bonds. The van der Waals surface area contributed by atoms with Gasteiger partial charge in [0.2, 0.25) is 11.8 Å². The molecule has 5 aromatic rings. The van der Waals surface area contributed by atoms with E-state index in [1.807, 2.05) is 30.3 Å². The average Bonchev–Trinajstić information content (AvgIpc) is 3.49. The lowest BCUT2D eigenvalue weighted by molar-refractivity contribution is 0.0195. The predicted molar refractivity (Wildman–Crippen MR) is 168 cm³/mol. The summed E-state index contributed by atoms with van der Waals surface area (Å²) < 4.78 is 5.96. The molecule has 1 aromatic heterocycles. The molecule has 0 saturated carbocycles. The zero-order valence-corrected chi connectivity index (χ0v) is 24.9. The second-order valence-electron chi connectivity index (χ2n) is 11.6. The van der Waals surface area contributed by atoms with E-state index in [2.05, 4.69) is 82.4 Å². The Hall–Kier alpha value is -4.79. The first-order valence-electron chi connectivity index (χ1n) is 14.9. The summed E-state index contributed by atoms with van der Waals surface area (Å²) in [7, 11) is 0. The van der Waals surface area contributed by atoms with Gasteiger partial charge < -0.3 is 14.6 Å². The molecule has 0 aliphatic carbocycles. The van der Waals surface area contributed by atoms with Gasteiger partial charge >= 0.3 is 5.97 Å². The van der Waals surface area contributed by atoms with Crippen LogP contribution in [0.4, 0.5) is 0 Å². The van der Waals surface area contributed by atoms with Crippen LogP contribution in [0.2, 0.25) is 0 Å². The van der Waals surface area contributed by atoms with E-state index >= 15 is 0 Å². The average molecular weight is 589 g/mol. The number of carboxylic acids is 1. The van der Waals surface area contributed by atoms with Crippen molar-refractivity contribution in [2.75, 3.05) is 13.1 Å². The van der Waals surface area contributed by atoms with Gasteiger partial charge in [0.1, 0.15) is 5.75 Å². The Balaban J connectivity index is 1.23. The maximum absolute atomic E-state index is 11.3. The molecule has 44 heavy (non-hydrogen) atoms. The van der Waals surface area contributed by atoms with Crippen LogP contribution in [0, 0.1) is 0 Å². The van der Waals surface area contributed by atoms with Crippen LogP contribution in [-0.2, 0) is 13.0 Å². The number of nitrogens with zero attached hydrogens (tertiary/aromatic N) is 4. The number of aromatic nitrogens is 2. The third kappa shape index (κ3) is 6.56. The van der Waals surface area contributed by atoms with Gasteiger partial charge in [-0.1, -0.05) is 66.7 Å². The molecule has 0 radical (unpaired) electrons. The van der Waals surface area contributed by atoms with Crippen molar-refractivity contribution < 1.29 is 19.4 Å². The molecule has 1 aliphatic heterocycles. The number of hydrogen-bond acceptors (Lipinski definition) is 7. The van der Waals surface area contributed by atoms with Crippen LogP contribution in [0.5, 0.6) is 5.75 Å². The van der Waals surface area contributed by atoms with Crippen molar-refractivity contribution in [3.63, 3.8) is 0 Å². The molecule has 4 aromatic carbocycles. The van der Waals surface area contributed by atoms with E-state index in [1.165, 1.54) is 5.56 Å². The van der Waals surface area contributed by atoms with Crippen LogP contribution in [0.1, 0.15) is 58.4 Å². The number of benzene rings is 4. The van der Waals surface area contributed by atoms with E-state index in [1.54, 1.807) is 24.3 Å². The lowest BCUT2D eigenvalue weighted by Gasteiger charge is -2.47. The van der Waals surface area contributed by atoms with Crippen molar-refractivity contribution in [3.05, 3.63) is 137 Å². The predicted octanol–water partition coefficient (Wildman–Crippen LogP) is 6.42. The van der Waals surface area contributed by atoms with Gasteiger partial charge in [-0.3, -0.25) is 9.80 Å². The van der Waals surface area contributed by atoms with Gasteiger partial charge in [0.15, 0.2) is 0 Å². The number of phenols is 1. The molecule has 8 heteroatoms. The van der Waals surface area contributed by atoms with E-state index in [-0.39, 0.29) is 23.4 Å². The molecular weight excluding hydrogens is 552 g/mol. The standard InChI is InChI=1S/C36H36N4O4/c1-24-22-40(25(2)21-39(24)23-26-8-4-3-5-9-26)34(30-11-7-13-32(41)20-30)28-14-16-29(17-15-28)35-38-37-33(44-35)19-27-10-6-12-31(18-27)36(42)43/h3-18,20,24-25,34,41H,19,21-23H2,1-2H3,(H,42,43)/t24-,25+,34-/m1/s1. The quantitative estimate of drug-likeness (QED) is 0.204. The van der Waals surface area contributed by atoms with E-state index < -0.39 is 5.97 Å². The maximum Gasteiger partial charge on any atom is 0.335 e. The molecule has 6 rings (SSSR count). The van der Waals surface area contributed by atoms with Gasteiger partial charge in [-0.2, -0.15) is 0 Å². The fraction of sp³-hybridized carbons (Fsp3) is 0.250. The molecule has 2 heterocycles. The summed E-state index contributed by atoms with van der Waals surface area (Å²) in [6.07, 6.45) is 0.345. The normalized spacial score (nSPS) is 18.2. The van der Waals surface area contributed by atoms with Crippen molar-refractivity contribution in [2.45, 2.75) is 44.9 Å². The van der Waals surface area contributed by atoms with Gasteiger partial charge in [0.05, 0.1) is 18.0 Å². The highest BCUT2D eigenvalue weighted by Gasteiger charge is 2.35. The summed E-state index contributed by atoms with van der Waals surface area (Å²) in [5, 5.41) is 28.1. The zero-order valence-electron chi connectivity index (χ0n) is 24.9. The van der Waals surface area contributed by atoms with E-state index in [0.717, 1.165) is 41.9 Å². The van der Waals surface area contributed by atoms with Crippen LogP contribution in [0.15, 0.2) is 108 Å². The highest BCUT2D eigenvalue weighted by atomic mass is 16.4. The Morgan fingerprint density at radius 2 is 1.59 bits per heavy atom. The minimum atomic E-state index is -0.972. The zero-order chi connectivity index (χ0) is 30.6. The highest BCUT2D eigenvalue weighted by molar-refractivity contribution is 5.87. The van der Waals surface area contributed by atoms with Gasteiger partial charge in [0, 0.05) is 37.3 Å². The molecular formula is C36H36N4O4. The molecule has 1 fully saturated rings. The third-order valence-corrected chi connectivity index (χ3v) is 8.38. The summed E-state index contributed by atoms with van der Waals surface area (Å²) in [5.41, 5.74) is 5.28. The smallest absolute Gasteiger partial charge is 0.335 e. The van der Waals surface area contributed by atoms with Crippen molar-refractivity contribution >= 4 is 5.97 Å². The Kier molecular flexibility index (Phi) is 8.54. The van der Waals surface area contributed by atoms with E-state index in [9.17, 15) is 15.0 Å². The molecule has 224 valence electrons. The van der Waals surface area contributed by atoms with Crippen molar-refractivity contribution in [1.29, 1.82) is 0 Å². The van der Waals surface area contributed by atoms with Crippen molar-refractivity contribution in [3.8, 4) is 17.2 Å². The van der Waals surface area contributed by atoms with Crippen molar-refractivity contribution in [2.24, 2.45) is 0 Å². The number of carboxylic acid groups (broad SMARTS) is 1. The number of aromatic hydroxyl groups is 1. The third-order valence-electron chi connectivity index (χ3n) is 8.38. The summed E-state index contributed by atoms with van der Waals surface area (Å²) in [4.78, 5) is 16.4. The SMILES string of the molecule is C[C@@H]1CN([C@H](c2ccc(-c3nnc(Cc4cccc(C(=O)O)c4)o3)cc2)c2cccc(O)c2)[C@@H](C)CN1Cc1ccccc1. The first-order valence-corrected chi connectivity index (χ1v) is 14.9. The lowest BCUT2D eigenvalue weighted by Crippen LogP contribution is -2.56. The van der Waals surface area contributed by atoms with Crippen LogP contribution < -0.4 is 0 Å². The van der Waals surface area contributed by atoms with Crippen LogP contribution in [0.3, 0.4) is 0 Å². The Morgan fingerprint density at radius 3 is 2.34 bits per heavy atom. The van der Waals surface area contributed by atoms with Crippen LogP contribution in [-0.4, -0.2) is 61.4 Å². The number of rotatable bonds is 9. The summed E-state index contributed by atoms with van der Waals surface area (Å²) in [6, 6.07) is 33.6. The second kappa shape index (κ2) is 12.8. The molecule has 1 aliphatic rings. The van der Waals surface area contributed by atoms with Gasteiger partial charge in [-0.15, -0.1) is 10.2 Å². The Bertz CT molecular complexity index is 1720. The Morgan fingerprint density at radius 1 is 0.841 bits per heavy atom. The van der Waals surface area contributed by atoms with Crippen LogP contribution >= 0.6 is 0 Å². The number of hydrogen-bond donors (Lipinski definition) is 2. The summed E-state index contributed by atoms with van der Waals surface area (Å²) in [5.74, 6) is 0.103. The summed E-state index contributed by atoms with van der Waals surface area (Å²) >= 11 is 0. The monoisotopic (exact) mass is 588 g/mol. The van der Waals surface area contributed by atoms with Crippen LogP contribution in [0.25, 0.3) is 11.5 Å². The molecule has 0 unspecified atom stereocenters. The second-order valence-corrected chi connectivity index (χ2v) is 11.6. The highest BCUT2D eigenvalue weighted by Crippen LogP contribution is 2.35. The minimum Gasteiger partial charge on any atom is -0.508 e. The van der Waals surface area contributed by atoms with E-state index in [4.69, 9.17) is 4.42 Å². The number of piperazine rings is 1. The number of aromatic carboxylic acids is 1. The molecule has 8 nitrogen and oxygen atoms in total. The number of carbonyl (C=O) groups is 1. The molecule has 1 saturated heterocycles. The first-order chi connectivity index (χ1) is 21.3. The molecule has 2 N–H and O–H groups in total. The molecule has 0 bridgehead atoms.